The van der Waals surface area contributed by atoms with Gasteiger partial charge in [-0.1, -0.05) is 41.5 Å². The molecule has 1 saturated heterocycles. The van der Waals surface area contributed by atoms with E-state index in [-0.39, 0.29) is 6.10 Å². The van der Waals surface area contributed by atoms with Gasteiger partial charge in [-0.25, -0.2) is 4.68 Å². The van der Waals surface area contributed by atoms with Crippen molar-refractivity contribution in [1.82, 2.24) is 14.7 Å². The highest BCUT2D eigenvalue weighted by atomic mass is 16.3. The van der Waals surface area contributed by atoms with Crippen LogP contribution in [0.5, 0.6) is 0 Å². The molecule has 0 radical (unpaired) electrons. The molecule has 1 aromatic heterocycles. The molecule has 1 aliphatic rings. The third-order valence-corrected chi connectivity index (χ3v) is 4.71. The fourth-order valence-electron chi connectivity index (χ4n) is 3.30. The summed E-state index contributed by atoms with van der Waals surface area (Å²) in [4.78, 5) is 2.25. The van der Waals surface area contributed by atoms with Gasteiger partial charge < -0.3 is 5.11 Å². The Kier molecular flexibility index (Phi) is 4.15. The van der Waals surface area contributed by atoms with E-state index in [0.29, 0.717) is 0 Å². The van der Waals surface area contributed by atoms with Gasteiger partial charge in [-0.3, -0.25) is 4.90 Å². The summed E-state index contributed by atoms with van der Waals surface area (Å²) in [5.74, 6) is 0. The zero-order chi connectivity index (χ0) is 17.4. The lowest BCUT2D eigenvalue weighted by molar-refractivity contribution is -0.00278. The maximum absolute atomic E-state index is 9.57. The predicted octanol–water partition coefficient (Wildman–Crippen LogP) is 3.33. The molecule has 3 aromatic rings. The number of benzene rings is 2. The normalized spacial score (nSPS) is 15.3. The van der Waals surface area contributed by atoms with Crippen LogP contribution in [-0.4, -0.2) is 39.0 Å². The number of aliphatic hydroxyl groups is 1. The van der Waals surface area contributed by atoms with Gasteiger partial charge in [-0.15, -0.1) is 0 Å². The molecule has 0 atom stereocenters. The smallest absolute Gasteiger partial charge is 0.0972 e. The maximum atomic E-state index is 9.57. The second-order valence-corrected chi connectivity index (χ2v) is 7.00. The van der Waals surface area contributed by atoms with Gasteiger partial charge in [0.25, 0.3) is 0 Å². The first-order valence-corrected chi connectivity index (χ1v) is 8.71. The minimum Gasteiger partial charge on any atom is -0.390 e. The van der Waals surface area contributed by atoms with E-state index >= 15 is 0 Å². The number of likely N-dealkylation sites (tertiary alicyclic amines) is 1. The van der Waals surface area contributed by atoms with Crippen LogP contribution in [0.15, 0.2) is 54.7 Å². The van der Waals surface area contributed by atoms with Gasteiger partial charge in [0.15, 0.2) is 0 Å². The summed E-state index contributed by atoms with van der Waals surface area (Å²) in [5, 5.41) is 14.4. The summed E-state index contributed by atoms with van der Waals surface area (Å²) < 4.78 is 1.96. The summed E-state index contributed by atoms with van der Waals surface area (Å²) in [7, 11) is 0. The molecule has 1 aliphatic heterocycles. The third-order valence-electron chi connectivity index (χ3n) is 4.71. The van der Waals surface area contributed by atoms with Crippen molar-refractivity contribution in [3.63, 3.8) is 0 Å². The highest BCUT2D eigenvalue weighted by Crippen LogP contribution is 2.27. The zero-order valence-electron chi connectivity index (χ0n) is 14.7. The Balaban J connectivity index is 1.73. The summed E-state index contributed by atoms with van der Waals surface area (Å²) in [6, 6.07) is 16.9. The largest absolute Gasteiger partial charge is 0.390 e. The van der Waals surface area contributed by atoms with Crippen molar-refractivity contribution >= 4 is 0 Å². The standard InChI is InChI=1S/C21H23N3O/c1-15-6-8-19(9-7-15)24-12-18(11-23-13-20(25)14-23)21(22-24)17-5-3-4-16(2)10-17/h3-10,12,20,25H,11,13-14H2,1-2H3. The van der Waals surface area contributed by atoms with Gasteiger partial charge in [0.05, 0.1) is 17.5 Å². The molecule has 25 heavy (non-hydrogen) atoms. The first-order valence-electron chi connectivity index (χ1n) is 8.71. The van der Waals surface area contributed by atoms with Crippen LogP contribution >= 0.6 is 0 Å². The second kappa shape index (κ2) is 6.47. The van der Waals surface area contributed by atoms with Crippen molar-refractivity contribution in [3.05, 3.63) is 71.4 Å². The Morgan fingerprint density at radius 2 is 1.80 bits per heavy atom. The van der Waals surface area contributed by atoms with Gasteiger partial charge >= 0.3 is 0 Å². The molecule has 0 bridgehead atoms. The van der Waals surface area contributed by atoms with Crippen molar-refractivity contribution in [2.75, 3.05) is 13.1 Å². The average Bonchev–Trinajstić information content (AvgIpc) is 2.98. The monoisotopic (exact) mass is 333 g/mol. The van der Waals surface area contributed by atoms with Crippen LogP contribution in [0, 0.1) is 13.8 Å². The van der Waals surface area contributed by atoms with Gasteiger partial charge in [0, 0.05) is 37.0 Å². The van der Waals surface area contributed by atoms with Gasteiger partial charge in [0.2, 0.25) is 0 Å². The van der Waals surface area contributed by atoms with Crippen molar-refractivity contribution in [3.8, 4) is 16.9 Å². The van der Waals surface area contributed by atoms with Gasteiger partial charge in [-0.2, -0.15) is 5.10 Å². The molecule has 1 fully saturated rings. The maximum Gasteiger partial charge on any atom is 0.0972 e. The fraction of sp³-hybridized carbons (Fsp3) is 0.286. The van der Waals surface area contributed by atoms with Crippen LogP contribution in [0.25, 0.3) is 16.9 Å². The topological polar surface area (TPSA) is 41.3 Å². The quantitative estimate of drug-likeness (QED) is 0.796. The first kappa shape index (κ1) is 16.1. The molecule has 2 heterocycles. The van der Waals surface area contributed by atoms with Crippen LogP contribution in [0.3, 0.4) is 0 Å². The minimum absolute atomic E-state index is 0.186. The highest BCUT2D eigenvalue weighted by molar-refractivity contribution is 5.64. The number of aliphatic hydroxyl groups excluding tert-OH is 1. The zero-order valence-corrected chi connectivity index (χ0v) is 14.7. The van der Waals surface area contributed by atoms with Crippen molar-refractivity contribution in [1.29, 1.82) is 0 Å². The SMILES string of the molecule is Cc1ccc(-n2cc(CN3CC(O)C3)c(-c3cccc(C)c3)n2)cc1. The van der Waals surface area contributed by atoms with E-state index < -0.39 is 0 Å². The third kappa shape index (κ3) is 3.36. The lowest BCUT2D eigenvalue weighted by atomic mass is 10.0. The van der Waals surface area contributed by atoms with E-state index in [0.717, 1.165) is 36.6 Å². The summed E-state index contributed by atoms with van der Waals surface area (Å²) >= 11 is 0. The number of nitrogens with zero attached hydrogens (tertiary/aromatic N) is 3. The van der Waals surface area contributed by atoms with Crippen molar-refractivity contribution < 1.29 is 5.11 Å². The number of hydrogen-bond acceptors (Lipinski definition) is 3. The summed E-state index contributed by atoms with van der Waals surface area (Å²) in [5.41, 5.74) is 6.89. The van der Waals surface area contributed by atoms with Crippen LogP contribution in [-0.2, 0) is 6.54 Å². The molecule has 0 amide bonds. The molecule has 0 aliphatic carbocycles. The van der Waals surface area contributed by atoms with Gasteiger partial charge in [-0.05, 0) is 32.0 Å². The predicted molar refractivity (Wildman–Crippen MR) is 99.8 cm³/mol. The molecule has 0 spiro atoms. The van der Waals surface area contributed by atoms with E-state index in [9.17, 15) is 5.11 Å². The molecular formula is C21H23N3O. The Labute approximate surface area is 148 Å². The van der Waals surface area contributed by atoms with E-state index in [2.05, 4.69) is 73.5 Å². The number of hydrogen-bond donors (Lipinski definition) is 1. The number of aromatic nitrogens is 2. The van der Waals surface area contributed by atoms with Crippen molar-refractivity contribution in [2.24, 2.45) is 0 Å². The highest BCUT2D eigenvalue weighted by Gasteiger charge is 2.26. The number of aryl methyl sites for hydroxylation is 2. The molecule has 0 unspecified atom stereocenters. The average molecular weight is 333 g/mol. The van der Waals surface area contributed by atoms with Gasteiger partial charge in [0.1, 0.15) is 0 Å². The van der Waals surface area contributed by atoms with Crippen LogP contribution in [0.1, 0.15) is 16.7 Å². The Morgan fingerprint density at radius 3 is 2.48 bits per heavy atom. The molecule has 4 heteroatoms. The summed E-state index contributed by atoms with van der Waals surface area (Å²) in [6.45, 7) is 6.48. The second-order valence-electron chi connectivity index (χ2n) is 7.00. The van der Waals surface area contributed by atoms with Crippen molar-refractivity contribution in [2.45, 2.75) is 26.5 Å². The molecule has 4 nitrogen and oxygen atoms in total. The van der Waals surface area contributed by atoms with E-state index in [1.807, 2.05) is 4.68 Å². The molecule has 2 aromatic carbocycles. The van der Waals surface area contributed by atoms with E-state index in [1.54, 1.807) is 0 Å². The van der Waals surface area contributed by atoms with E-state index in [1.165, 1.54) is 16.7 Å². The lowest BCUT2D eigenvalue weighted by Gasteiger charge is -2.35. The Morgan fingerprint density at radius 1 is 1.04 bits per heavy atom. The molecule has 1 N–H and O–H groups in total. The van der Waals surface area contributed by atoms with Crippen LogP contribution in [0.2, 0.25) is 0 Å². The molecule has 4 rings (SSSR count). The minimum atomic E-state index is -0.186. The molecular weight excluding hydrogens is 310 g/mol. The molecule has 0 saturated carbocycles. The molecule has 128 valence electrons. The Bertz CT molecular complexity index is 876. The fourth-order valence-corrected chi connectivity index (χ4v) is 3.30. The lowest BCUT2D eigenvalue weighted by Crippen LogP contribution is -2.49. The van der Waals surface area contributed by atoms with E-state index in [4.69, 9.17) is 5.10 Å². The number of β-amino-alcohol motifs (C(OH)–C–C–N with tert-alkyl or cyclic N) is 1. The summed E-state index contributed by atoms with van der Waals surface area (Å²) in [6.07, 6.45) is 1.93. The van der Waals surface area contributed by atoms with Crippen LogP contribution in [0.4, 0.5) is 0 Å². The van der Waals surface area contributed by atoms with Crippen LogP contribution < -0.4 is 0 Å². The Hall–Kier alpha value is -2.43. The number of rotatable bonds is 4. The first-order chi connectivity index (χ1) is 12.1.